The number of fused-ring (bicyclic) bond motifs is 1. The highest BCUT2D eigenvalue weighted by Gasteiger charge is 2.50. The van der Waals surface area contributed by atoms with E-state index in [2.05, 4.69) is 21.2 Å². The summed E-state index contributed by atoms with van der Waals surface area (Å²) in [6.45, 7) is 0.678. The molecule has 0 radical (unpaired) electrons. The molecule has 3 rings (SSSR count). The zero-order valence-corrected chi connectivity index (χ0v) is 16.4. The van der Waals surface area contributed by atoms with E-state index in [1.165, 1.54) is 32.1 Å². The molecule has 1 aromatic carbocycles. The van der Waals surface area contributed by atoms with Crippen LogP contribution >= 0.6 is 15.9 Å². The molecule has 1 aromatic rings. The minimum atomic E-state index is -1.07. The molecule has 0 bridgehead atoms. The standard InChI is InChI=1S/C19H26BrNO4/c1-23-19(24-2)16-11-15(20)9-8-14(16)10-17(19)25-18(22)21-12-13-6-4-3-5-7-13/h8-9,11,13,17H,3-7,10,12H2,1-2H3,(H,21,22). The molecule has 1 N–H and O–H groups in total. The maximum Gasteiger partial charge on any atom is 0.407 e. The molecule has 0 heterocycles. The Balaban J connectivity index is 1.66. The molecule has 0 aliphatic heterocycles. The summed E-state index contributed by atoms with van der Waals surface area (Å²) in [4.78, 5) is 12.3. The average Bonchev–Trinajstić information content (AvgIpc) is 2.93. The van der Waals surface area contributed by atoms with Crippen LogP contribution in [0.2, 0.25) is 0 Å². The van der Waals surface area contributed by atoms with Gasteiger partial charge in [0.15, 0.2) is 6.10 Å². The number of alkyl carbamates (subject to hydrolysis) is 1. The Morgan fingerprint density at radius 1 is 1.24 bits per heavy atom. The predicted molar refractivity (Wildman–Crippen MR) is 98.4 cm³/mol. The highest BCUT2D eigenvalue weighted by Crippen LogP contribution is 2.43. The van der Waals surface area contributed by atoms with Crippen molar-refractivity contribution < 1.29 is 19.0 Å². The quantitative estimate of drug-likeness (QED) is 0.740. The number of methoxy groups -OCH3 is 2. The van der Waals surface area contributed by atoms with E-state index in [1.54, 1.807) is 14.2 Å². The van der Waals surface area contributed by atoms with Gasteiger partial charge in [-0.1, -0.05) is 41.3 Å². The smallest absolute Gasteiger partial charge is 0.407 e. The van der Waals surface area contributed by atoms with E-state index in [1.807, 2.05) is 18.2 Å². The maximum absolute atomic E-state index is 12.3. The fraction of sp³-hybridized carbons (Fsp3) is 0.632. The number of rotatable bonds is 5. The Kier molecular flexibility index (Phi) is 6.02. The van der Waals surface area contributed by atoms with Crippen LogP contribution < -0.4 is 5.32 Å². The van der Waals surface area contributed by atoms with Crippen molar-refractivity contribution in [3.05, 3.63) is 33.8 Å². The molecule has 1 amide bonds. The van der Waals surface area contributed by atoms with Crippen LogP contribution in [0.1, 0.15) is 43.2 Å². The van der Waals surface area contributed by atoms with E-state index in [4.69, 9.17) is 14.2 Å². The summed E-state index contributed by atoms with van der Waals surface area (Å²) >= 11 is 3.48. The van der Waals surface area contributed by atoms with Gasteiger partial charge in [0, 0.05) is 37.2 Å². The molecule has 138 valence electrons. The number of nitrogens with one attached hydrogen (secondary N) is 1. The second-order valence-corrected chi connectivity index (χ2v) is 7.78. The molecule has 1 unspecified atom stereocenters. The Morgan fingerprint density at radius 2 is 1.96 bits per heavy atom. The van der Waals surface area contributed by atoms with E-state index < -0.39 is 18.0 Å². The van der Waals surface area contributed by atoms with Crippen molar-refractivity contribution in [1.29, 1.82) is 0 Å². The van der Waals surface area contributed by atoms with Crippen LogP contribution in [0.5, 0.6) is 0 Å². The van der Waals surface area contributed by atoms with Crippen LogP contribution in [-0.4, -0.2) is 33.0 Å². The molecule has 0 spiro atoms. The van der Waals surface area contributed by atoms with Gasteiger partial charge >= 0.3 is 6.09 Å². The highest BCUT2D eigenvalue weighted by molar-refractivity contribution is 9.10. The van der Waals surface area contributed by atoms with Gasteiger partial charge in [0.1, 0.15) is 0 Å². The zero-order valence-electron chi connectivity index (χ0n) is 14.8. The van der Waals surface area contributed by atoms with Gasteiger partial charge in [-0.3, -0.25) is 0 Å². The third-order valence-electron chi connectivity index (χ3n) is 5.39. The lowest BCUT2D eigenvalue weighted by Crippen LogP contribution is -2.45. The molecule has 6 heteroatoms. The van der Waals surface area contributed by atoms with Crippen LogP contribution in [0.3, 0.4) is 0 Å². The van der Waals surface area contributed by atoms with Gasteiger partial charge in [-0.05, 0) is 36.5 Å². The second kappa shape index (κ2) is 8.06. The van der Waals surface area contributed by atoms with Gasteiger partial charge in [0.05, 0.1) is 0 Å². The molecule has 1 saturated carbocycles. The number of carbonyl (C=O) groups excluding carboxylic acids is 1. The Hall–Kier alpha value is -1.11. The van der Waals surface area contributed by atoms with Crippen molar-refractivity contribution >= 4 is 22.0 Å². The Bertz CT molecular complexity index is 611. The van der Waals surface area contributed by atoms with Crippen molar-refractivity contribution in [2.45, 2.75) is 50.4 Å². The molecule has 1 atom stereocenters. The first-order chi connectivity index (χ1) is 12.1. The second-order valence-electron chi connectivity index (χ2n) is 6.86. The summed E-state index contributed by atoms with van der Waals surface area (Å²) < 4.78 is 18.0. The van der Waals surface area contributed by atoms with Crippen molar-refractivity contribution in [1.82, 2.24) is 5.32 Å². The van der Waals surface area contributed by atoms with Crippen molar-refractivity contribution in [3.8, 4) is 0 Å². The lowest BCUT2D eigenvalue weighted by molar-refractivity contribution is -0.259. The normalized spacial score (nSPS) is 22.4. The van der Waals surface area contributed by atoms with E-state index in [9.17, 15) is 4.79 Å². The minimum absolute atomic E-state index is 0.402. The third-order valence-corrected chi connectivity index (χ3v) is 5.89. The van der Waals surface area contributed by atoms with E-state index in [-0.39, 0.29) is 0 Å². The van der Waals surface area contributed by atoms with Crippen LogP contribution in [0.15, 0.2) is 22.7 Å². The van der Waals surface area contributed by atoms with Crippen molar-refractivity contribution in [2.75, 3.05) is 20.8 Å². The number of benzene rings is 1. The summed E-state index contributed by atoms with van der Waals surface area (Å²) in [5.74, 6) is -0.506. The fourth-order valence-electron chi connectivity index (χ4n) is 4.03. The van der Waals surface area contributed by atoms with E-state index >= 15 is 0 Å². The zero-order chi connectivity index (χ0) is 17.9. The number of ether oxygens (including phenoxy) is 3. The number of hydrogen-bond acceptors (Lipinski definition) is 4. The average molecular weight is 412 g/mol. The van der Waals surface area contributed by atoms with Crippen molar-refractivity contribution in [2.24, 2.45) is 5.92 Å². The summed E-state index contributed by atoms with van der Waals surface area (Å²) in [7, 11) is 3.16. The topological polar surface area (TPSA) is 56.8 Å². The van der Waals surface area contributed by atoms with Crippen LogP contribution in [0.25, 0.3) is 0 Å². The lowest BCUT2D eigenvalue weighted by atomic mass is 9.89. The Labute approximate surface area is 157 Å². The predicted octanol–water partition coefficient (Wildman–Crippen LogP) is 4.13. The summed E-state index contributed by atoms with van der Waals surface area (Å²) in [5, 5.41) is 2.92. The number of amides is 1. The van der Waals surface area contributed by atoms with Crippen LogP contribution in [0.4, 0.5) is 4.79 Å². The van der Waals surface area contributed by atoms with Crippen molar-refractivity contribution in [3.63, 3.8) is 0 Å². The molecular weight excluding hydrogens is 386 g/mol. The monoisotopic (exact) mass is 411 g/mol. The summed E-state index contributed by atoms with van der Waals surface area (Å²) in [6.07, 6.45) is 5.84. The maximum atomic E-state index is 12.3. The molecule has 25 heavy (non-hydrogen) atoms. The molecule has 2 aliphatic carbocycles. The first-order valence-corrected chi connectivity index (χ1v) is 9.72. The van der Waals surface area contributed by atoms with Gasteiger partial charge in [-0.15, -0.1) is 0 Å². The van der Waals surface area contributed by atoms with Gasteiger partial charge in [-0.25, -0.2) is 4.79 Å². The largest absolute Gasteiger partial charge is 0.440 e. The first-order valence-electron chi connectivity index (χ1n) is 8.92. The van der Waals surface area contributed by atoms with Crippen LogP contribution in [0, 0.1) is 5.92 Å². The van der Waals surface area contributed by atoms with Gasteiger partial charge in [0.25, 0.3) is 0 Å². The lowest BCUT2D eigenvalue weighted by Gasteiger charge is -2.33. The SMILES string of the molecule is COC1(OC)c2cc(Br)ccc2CC1OC(=O)NCC1CCCCC1. The highest BCUT2D eigenvalue weighted by atomic mass is 79.9. The summed E-state index contributed by atoms with van der Waals surface area (Å²) in [6, 6.07) is 5.95. The van der Waals surface area contributed by atoms with Gasteiger partial charge < -0.3 is 19.5 Å². The van der Waals surface area contributed by atoms with E-state index in [0.29, 0.717) is 18.9 Å². The van der Waals surface area contributed by atoms with E-state index in [0.717, 1.165) is 15.6 Å². The van der Waals surface area contributed by atoms with Gasteiger partial charge in [0.2, 0.25) is 5.79 Å². The Morgan fingerprint density at radius 3 is 2.64 bits per heavy atom. The molecular formula is C19H26BrNO4. The number of hydrogen-bond donors (Lipinski definition) is 1. The molecule has 2 aliphatic rings. The number of carbonyl (C=O) groups is 1. The first kappa shape index (κ1) is 18.7. The van der Waals surface area contributed by atoms with Crippen LogP contribution in [-0.2, 0) is 26.4 Å². The van der Waals surface area contributed by atoms with Gasteiger partial charge in [-0.2, -0.15) is 0 Å². The fourth-order valence-corrected chi connectivity index (χ4v) is 4.39. The number of halogens is 1. The molecule has 5 nitrogen and oxygen atoms in total. The molecule has 1 fully saturated rings. The molecule has 0 saturated heterocycles. The minimum Gasteiger partial charge on any atom is -0.440 e. The summed E-state index contributed by atoms with van der Waals surface area (Å²) in [5.41, 5.74) is 1.97. The molecule has 0 aromatic heterocycles. The third kappa shape index (κ3) is 3.86.